The van der Waals surface area contributed by atoms with Gasteiger partial charge in [0.15, 0.2) is 0 Å². The van der Waals surface area contributed by atoms with E-state index in [4.69, 9.17) is 4.84 Å². The predicted molar refractivity (Wildman–Crippen MR) is 60.5 cm³/mol. The van der Waals surface area contributed by atoms with Gasteiger partial charge in [-0.05, 0) is 20.3 Å². The molecule has 2 aliphatic heterocycles. The van der Waals surface area contributed by atoms with Crippen LogP contribution in [0.15, 0.2) is 0 Å². The lowest BCUT2D eigenvalue weighted by atomic mass is 10.2. The number of carbonyl (C=O) groups excluding carboxylic acids is 2. The fourth-order valence-electron chi connectivity index (χ4n) is 2.23. The number of amides is 2. The van der Waals surface area contributed by atoms with Crippen LogP contribution in [0.1, 0.15) is 26.7 Å². The molecule has 0 saturated carbocycles. The van der Waals surface area contributed by atoms with Crippen LogP contribution in [-0.4, -0.2) is 40.0 Å². The normalized spacial score (nSPS) is 33.0. The van der Waals surface area contributed by atoms with Gasteiger partial charge in [-0.3, -0.25) is 14.4 Å². The topological polar surface area (TPSA) is 58.6 Å². The lowest BCUT2D eigenvalue weighted by Gasteiger charge is -2.29. The Bertz CT molecular complexity index is 323. The van der Waals surface area contributed by atoms with Crippen LogP contribution >= 0.6 is 11.8 Å². The van der Waals surface area contributed by atoms with Gasteiger partial charge in [0.25, 0.3) is 5.91 Å². The molecule has 2 heterocycles. The summed E-state index contributed by atoms with van der Waals surface area (Å²) in [6.45, 7) is 4.25. The van der Waals surface area contributed by atoms with Crippen LogP contribution in [0.5, 0.6) is 0 Å². The van der Waals surface area contributed by atoms with Gasteiger partial charge in [-0.2, -0.15) is 0 Å². The highest BCUT2D eigenvalue weighted by Crippen LogP contribution is 2.47. The zero-order valence-corrected chi connectivity index (χ0v) is 10.3. The number of nitrogens with zero attached hydrogens (tertiary/aromatic N) is 1. The number of hydrogen-bond acceptors (Lipinski definition) is 4. The molecule has 16 heavy (non-hydrogen) atoms. The van der Waals surface area contributed by atoms with Crippen molar-refractivity contribution in [1.29, 1.82) is 0 Å². The van der Waals surface area contributed by atoms with Crippen molar-refractivity contribution in [2.75, 3.05) is 12.4 Å². The van der Waals surface area contributed by atoms with Crippen LogP contribution in [0, 0.1) is 0 Å². The molecule has 0 aliphatic carbocycles. The summed E-state index contributed by atoms with van der Waals surface area (Å²) in [6, 6.07) is -0.378. The second-order valence-electron chi connectivity index (χ2n) is 4.16. The SMILES string of the molecule is CCONC(=O)C1CSC2(C)CCC(=O)N12. The Labute approximate surface area is 98.8 Å². The molecule has 2 saturated heterocycles. The van der Waals surface area contributed by atoms with Crippen molar-refractivity contribution >= 4 is 23.6 Å². The van der Waals surface area contributed by atoms with Crippen LogP contribution in [0.3, 0.4) is 0 Å². The summed E-state index contributed by atoms with van der Waals surface area (Å²) in [6.07, 6.45) is 1.37. The molecule has 6 heteroatoms. The summed E-state index contributed by atoms with van der Waals surface area (Å²) in [4.78, 5) is 29.9. The largest absolute Gasteiger partial charge is 0.315 e. The second kappa shape index (κ2) is 4.25. The van der Waals surface area contributed by atoms with E-state index in [1.807, 2.05) is 6.92 Å². The molecule has 0 aromatic heterocycles. The fourth-order valence-corrected chi connectivity index (χ4v) is 3.66. The van der Waals surface area contributed by atoms with Gasteiger partial charge in [0.05, 0.1) is 11.5 Å². The van der Waals surface area contributed by atoms with Crippen molar-refractivity contribution in [3.8, 4) is 0 Å². The van der Waals surface area contributed by atoms with Crippen molar-refractivity contribution in [3.05, 3.63) is 0 Å². The average Bonchev–Trinajstić information content (AvgIpc) is 2.73. The van der Waals surface area contributed by atoms with Gasteiger partial charge in [-0.1, -0.05) is 0 Å². The maximum atomic E-state index is 11.8. The molecule has 2 rings (SSSR count). The molecule has 5 nitrogen and oxygen atoms in total. The molecule has 2 unspecified atom stereocenters. The maximum absolute atomic E-state index is 11.8. The summed E-state index contributed by atoms with van der Waals surface area (Å²) in [5.74, 6) is 0.513. The predicted octanol–water partition coefficient (Wildman–Crippen LogP) is 0.508. The maximum Gasteiger partial charge on any atom is 0.267 e. The van der Waals surface area contributed by atoms with Gasteiger partial charge in [0.1, 0.15) is 6.04 Å². The fraction of sp³-hybridized carbons (Fsp3) is 0.800. The van der Waals surface area contributed by atoms with E-state index in [0.717, 1.165) is 6.42 Å². The van der Waals surface area contributed by atoms with Crippen molar-refractivity contribution in [2.24, 2.45) is 0 Å². The summed E-state index contributed by atoms with van der Waals surface area (Å²) in [7, 11) is 0. The monoisotopic (exact) mass is 244 g/mol. The number of nitrogens with one attached hydrogen (secondary N) is 1. The van der Waals surface area contributed by atoms with Crippen molar-refractivity contribution < 1.29 is 14.4 Å². The Kier molecular flexibility index (Phi) is 3.12. The van der Waals surface area contributed by atoms with E-state index in [9.17, 15) is 9.59 Å². The molecular formula is C10H16N2O3S. The van der Waals surface area contributed by atoms with Crippen molar-refractivity contribution in [1.82, 2.24) is 10.4 Å². The van der Waals surface area contributed by atoms with E-state index in [1.165, 1.54) is 0 Å². The Balaban J connectivity index is 2.07. The Morgan fingerprint density at radius 3 is 3.19 bits per heavy atom. The molecule has 0 radical (unpaired) electrons. The summed E-state index contributed by atoms with van der Waals surface area (Å²) in [5.41, 5.74) is 2.38. The number of fused-ring (bicyclic) bond motifs is 1. The van der Waals surface area contributed by atoms with E-state index >= 15 is 0 Å². The molecule has 2 fully saturated rings. The van der Waals surface area contributed by atoms with Gasteiger partial charge < -0.3 is 4.90 Å². The van der Waals surface area contributed by atoms with Crippen LogP contribution in [0.2, 0.25) is 0 Å². The molecule has 0 aromatic rings. The molecular weight excluding hydrogens is 228 g/mol. The first-order valence-corrected chi connectivity index (χ1v) is 6.45. The summed E-state index contributed by atoms with van der Waals surface area (Å²) < 4.78 is 0. The molecule has 0 aromatic carbocycles. The van der Waals surface area contributed by atoms with Gasteiger partial charge in [0.2, 0.25) is 5.91 Å². The minimum atomic E-state index is -0.378. The van der Waals surface area contributed by atoms with Crippen LogP contribution < -0.4 is 5.48 Å². The molecule has 90 valence electrons. The molecule has 2 amide bonds. The zero-order chi connectivity index (χ0) is 11.8. The lowest BCUT2D eigenvalue weighted by molar-refractivity contribution is -0.144. The second-order valence-corrected chi connectivity index (χ2v) is 5.67. The Morgan fingerprint density at radius 2 is 2.50 bits per heavy atom. The first-order valence-electron chi connectivity index (χ1n) is 5.46. The van der Waals surface area contributed by atoms with Crippen molar-refractivity contribution in [3.63, 3.8) is 0 Å². The summed E-state index contributed by atoms with van der Waals surface area (Å²) in [5, 5.41) is 0. The van der Waals surface area contributed by atoms with Gasteiger partial charge in [-0.25, -0.2) is 5.48 Å². The van der Waals surface area contributed by atoms with Gasteiger partial charge >= 0.3 is 0 Å². The van der Waals surface area contributed by atoms with E-state index in [-0.39, 0.29) is 22.7 Å². The average molecular weight is 244 g/mol. The lowest BCUT2D eigenvalue weighted by Crippen LogP contribution is -2.50. The highest BCUT2D eigenvalue weighted by molar-refractivity contribution is 8.01. The summed E-state index contributed by atoms with van der Waals surface area (Å²) >= 11 is 1.68. The Morgan fingerprint density at radius 1 is 1.75 bits per heavy atom. The third kappa shape index (κ3) is 1.80. The molecule has 0 spiro atoms. The minimum Gasteiger partial charge on any atom is -0.315 e. The highest BCUT2D eigenvalue weighted by atomic mass is 32.2. The highest BCUT2D eigenvalue weighted by Gasteiger charge is 2.52. The number of thioether (sulfide) groups is 1. The third-order valence-electron chi connectivity index (χ3n) is 3.06. The third-order valence-corrected chi connectivity index (χ3v) is 4.57. The first-order chi connectivity index (χ1) is 7.58. The van der Waals surface area contributed by atoms with Gasteiger partial charge in [0, 0.05) is 12.2 Å². The number of hydroxylamine groups is 1. The molecule has 2 atom stereocenters. The standard InChI is InChI=1S/C10H16N2O3S/c1-3-15-11-9(14)7-6-16-10(2)5-4-8(13)12(7)10/h7H,3-6H2,1-2H3,(H,11,14). The van der Waals surface area contributed by atoms with E-state index in [0.29, 0.717) is 18.8 Å². The van der Waals surface area contributed by atoms with Gasteiger partial charge in [-0.15, -0.1) is 11.8 Å². The smallest absolute Gasteiger partial charge is 0.267 e. The van der Waals surface area contributed by atoms with Crippen molar-refractivity contribution in [2.45, 2.75) is 37.6 Å². The first kappa shape index (κ1) is 11.7. The molecule has 0 bridgehead atoms. The molecule has 2 aliphatic rings. The number of rotatable bonds is 3. The zero-order valence-electron chi connectivity index (χ0n) is 9.49. The Hall–Kier alpha value is -0.750. The van der Waals surface area contributed by atoms with Crippen LogP contribution in [0.4, 0.5) is 0 Å². The van der Waals surface area contributed by atoms with Crippen LogP contribution in [-0.2, 0) is 14.4 Å². The quantitative estimate of drug-likeness (QED) is 0.735. The van der Waals surface area contributed by atoms with E-state index in [2.05, 4.69) is 5.48 Å². The molecule has 1 N–H and O–H groups in total. The van der Waals surface area contributed by atoms with E-state index < -0.39 is 0 Å². The van der Waals surface area contributed by atoms with Crippen LogP contribution in [0.25, 0.3) is 0 Å². The number of hydrogen-bond donors (Lipinski definition) is 1. The minimum absolute atomic E-state index is 0.0733. The van der Waals surface area contributed by atoms with E-state index in [1.54, 1.807) is 23.6 Å². The number of carbonyl (C=O) groups is 2.